The molecular weight excluding hydrogens is 393 g/mol. The maximum Gasteiger partial charge on any atom is 0.308 e. The largest absolute Gasteiger partial charge is 0.502 e. The fourth-order valence-corrected chi connectivity index (χ4v) is 2.74. The molecular formula is C19H13Cl2NO5. The third-order valence-corrected chi connectivity index (χ3v) is 4.36. The maximum atomic E-state index is 12.4. The van der Waals surface area contributed by atoms with Gasteiger partial charge in [0.2, 0.25) is 17.4 Å². The van der Waals surface area contributed by atoms with E-state index in [1.54, 1.807) is 48.5 Å². The van der Waals surface area contributed by atoms with Gasteiger partial charge in [0.15, 0.2) is 5.76 Å². The molecule has 0 radical (unpaired) electrons. The third kappa shape index (κ3) is 3.92. The Hall–Kier alpha value is -2.96. The summed E-state index contributed by atoms with van der Waals surface area (Å²) in [6.07, 6.45) is 0. The molecule has 0 fully saturated rings. The second-order valence-corrected chi connectivity index (χ2v) is 6.24. The van der Waals surface area contributed by atoms with E-state index in [2.05, 4.69) is 5.32 Å². The molecule has 27 heavy (non-hydrogen) atoms. The Balaban J connectivity index is 2.06. The zero-order chi connectivity index (χ0) is 19.6. The number of hydrogen-bond acceptors (Lipinski definition) is 5. The van der Waals surface area contributed by atoms with Crippen molar-refractivity contribution in [2.75, 3.05) is 5.32 Å². The first kappa shape index (κ1) is 18.8. The van der Waals surface area contributed by atoms with Gasteiger partial charge in [0, 0.05) is 18.1 Å². The number of benzene rings is 2. The number of halogens is 2. The van der Waals surface area contributed by atoms with Gasteiger partial charge in [-0.05, 0) is 24.3 Å². The van der Waals surface area contributed by atoms with E-state index in [4.69, 9.17) is 32.4 Å². The molecule has 0 unspecified atom stereocenters. The van der Waals surface area contributed by atoms with Gasteiger partial charge in [-0.25, -0.2) is 0 Å². The number of ether oxygens (including phenoxy) is 1. The molecule has 0 aliphatic carbocycles. The summed E-state index contributed by atoms with van der Waals surface area (Å²) in [4.78, 5) is 23.8. The topological polar surface area (TPSA) is 88.8 Å². The number of aromatic hydroxyl groups is 1. The first-order valence-electron chi connectivity index (χ1n) is 7.73. The van der Waals surface area contributed by atoms with Gasteiger partial charge in [0.25, 0.3) is 5.91 Å². The van der Waals surface area contributed by atoms with Crippen LogP contribution in [0, 0.1) is 0 Å². The van der Waals surface area contributed by atoms with Crippen LogP contribution in [0.1, 0.15) is 17.3 Å². The van der Waals surface area contributed by atoms with Crippen molar-refractivity contribution >= 4 is 41.0 Å². The number of hydrogen-bond donors (Lipinski definition) is 2. The van der Waals surface area contributed by atoms with E-state index in [0.29, 0.717) is 5.56 Å². The minimum absolute atomic E-state index is 0.0953. The lowest BCUT2D eigenvalue weighted by atomic mass is 10.1. The number of furan rings is 1. The fraction of sp³-hybridized carbons (Fsp3) is 0.0526. The number of nitrogens with one attached hydrogen (secondary N) is 1. The summed E-state index contributed by atoms with van der Waals surface area (Å²) < 4.78 is 10.6. The molecule has 8 heteroatoms. The molecule has 3 rings (SSSR count). The van der Waals surface area contributed by atoms with Crippen molar-refractivity contribution < 1.29 is 23.8 Å². The molecule has 0 atom stereocenters. The molecule has 0 bridgehead atoms. The minimum atomic E-state index is -0.704. The molecule has 0 saturated heterocycles. The standard InChI is InChI=1S/C19H13Cl2NO5/c1-10(23)26-17-15(24)16(12-8-5-9-13(20)14(12)21)27-19(17)22-18(25)11-6-3-2-4-7-11/h2-9,24H,1H3,(H,22,25). The van der Waals surface area contributed by atoms with Gasteiger partial charge in [0.1, 0.15) is 0 Å². The van der Waals surface area contributed by atoms with Gasteiger partial charge in [0.05, 0.1) is 10.0 Å². The average molecular weight is 406 g/mol. The van der Waals surface area contributed by atoms with Gasteiger partial charge in [-0.1, -0.05) is 47.5 Å². The van der Waals surface area contributed by atoms with Crippen molar-refractivity contribution in [2.24, 2.45) is 0 Å². The van der Waals surface area contributed by atoms with E-state index in [9.17, 15) is 14.7 Å². The van der Waals surface area contributed by atoms with Crippen LogP contribution in [-0.2, 0) is 4.79 Å². The summed E-state index contributed by atoms with van der Waals surface area (Å²) in [7, 11) is 0. The quantitative estimate of drug-likeness (QED) is 0.586. The molecule has 6 nitrogen and oxygen atoms in total. The second kappa shape index (κ2) is 7.73. The normalized spacial score (nSPS) is 10.5. The molecule has 0 saturated carbocycles. The highest BCUT2D eigenvalue weighted by Crippen LogP contribution is 2.48. The molecule has 0 spiro atoms. The van der Waals surface area contributed by atoms with Crippen LogP contribution in [0.2, 0.25) is 10.0 Å². The first-order chi connectivity index (χ1) is 12.9. The van der Waals surface area contributed by atoms with Crippen LogP contribution in [0.5, 0.6) is 11.5 Å². The molecule has 0 aliphatic rings. The highest BCUT2D eigenvalue weighted by molar-refractivity contribution is 6.43. The van der Waals surface area contributed by atoms with Crippen molar-refractivity contribution in [1.29, 1.82) is 0 Å². The molecule has 1 aromatic heterocycles. The van der Waals surface area contributed by atoms with Gasteiger partial charge >= 0.3 is 5.97 Å². The third-order valence-electron chi connectivity index (χ3n) is 3.55. The smallest absolute Gasteiger partial charge is 0.308 e. The van der Waals surface area contributed by atoms with Crippen LogP contribution < -0.4 is 10.1 Å². The summed E-state index contributed by atoms with van der Waals surface area (Å²) >= 11 is 12.2. The predicted octanol–water partition coefficient (Wildman–Crippen LogP) is 5.14. The minimum Gasteiger partial charge on any atom is -0.502 e. The highest BCUT2D eigenvalue weighted by Gasteiger charge is 2.27. The van der Waals surface area contributed by atoms with Crippen LogP contribution in [0.25, 0.3) is 11.3 Å². The molecule has 2 N–H and O–H groups in total. The van der Waals surface area contributed by atoms with Crippen molar-refractivity contribution in [3.8, 4) is 22.8 Å². The van der Waals surface area contributed by atoms with Crippen LogP contribution in [0.3, 0.4) is 0 Å². The lowest BCUT2D eigenvalue weighted by Gasteiger charge is -2.04. The van der Waals surface area contributed by atoms with E-state index >= 15 is 0 Å². The monoisotopic (exact) mass is 405 g/mol. The van der Waals surface area contributed by atoms with E-state index in [1.807, 2.05) is 0 Å². The van der Waals surface area contributed by atoms with Crippen LogP contribution in [0.4, 0.5) is 5.88 Å². The Labute approximate surface area is 164 Å². The van der Waals surface area contributed by atoms with Crippen molar-refractivity contribution in [2.45, 2.75) is 6.92 Å². The molecule has 1 heterocycles. The summed E-state index contributed by atoms with van der Waals surface area (Å²) in [5.74, 6) is -2.35. The molecule has 3 aromatic rings. The Kier molecular flexibility index (Phi) is 5.39. The summed E-state index contributed by atoms with van der Waals surface area (Å²) in [5.41, 5.74) is 0.625. The molecule has 0 aliphatic heterocycles. The van der Waals surface area contributed by atoms with Gasteiger partial charge in [-0.2, -0.15) is 0 Å². The summed E-state index contributed by atoms with van der Waals surface area (Å²) in [6, 6.07) is 13.1. The lowest BCUT2D eigenvalue weighted by Crippen LogP contribution is -2.12. The predicted molar refractivity (Wildman–Crippen MR) is 102 cm³/mol. The highest BCUT2D eigenvalue weighted by atomic mass is 35.5. The zero-order valence-electron chi connectivity index (χ0n) is 14.0. The average Bonchev–Trinajstić information content (AvgIpc) is 2.93. The fourth-order valence-electron chi connectivity index (χ4n) is 2.35. The molecule has 1 amide bonds. The Morgan fingerprint density at radius 2 is 1.78 bits per heavy atom. The van der Waals surface area contributed by atoms with E-state index in [-0.39, 0.29) is 33.0 Å². The Morgan fingerprint density at radius 1 is 1.07 bits per heavy atom. The van der Waals surface area contributed by atoms with Crippen LogP contribution in [0.15, 0.2) is 52.9 Å². The van der Waals surface area contributed by atoms with Crippen LogP contribution in [-0.4, -0.2) is 17.0 Å². The van der Waals surface area contributed by atoms with E-state index in [1.165, 1.54) is 0 Å². The number of carbonyl (C=O) groups is 2. The van der Waals surface area contributed by atoms with Crippen molar-refractivity contribution in [3.63, 3.8) is 0 Å². The van der Waals surface area contributed by atoms with Gasteiger partial charge < -0.3 is 14.3 Å². The number of anilines is 1. The van der Waals surface area contributed by atoms with Crippen molar-refractivity contribution in [3.05, 3.63) is 64.1 Å². The Bertz CT molecular complexity index is 1010. The maximum absolute atomic E-state index is 12.4. The second-order valence-electron chi connectivity index (χ2n) is 5.45. The number of carbonyl (C=O) groups excluding carboxylic acids is 2. The van der Waals surface area contributed by atoms with Crippen molar-refractivity contribution in [1.82, 2.24) is 0 Å². The lowest BCUT2D eigenvalue weighted by molar-refractivity contribution is -0.132. The summed E-state index contributed by atoms with van der Waals surface area (Å²) in [5, 5.41) is 13.3. The van der Waals surface area contributed by atoms with Crippen LogP contribution >= 0.6 is 23.2 Å². The van der Waals surface area contributed by atoms with E-state index in [0.717, 1.165) is 6.92 Å². The zero-order valence-corrected chi connectivity index (χ0v) is 15.5. The summed E-state index contributed by atoms with van der Waals surface area (Å²) in [6.45, 7) is 1.15. The van der Waals surface area contributed by atoms with Gasteiger partial charge in [-0.3, -0.25) is 14.9 Å². The number of esters is 1. The van der Waals surface area contributed by atoms with E-state index < -0.39 is 17.6 Å². The molecule has 2 aromatic carbocycles. The Morgan fingerprint density at radius 3 is 2.44 bits per heavy atom. The molecule has 138 valence electrons. The first-order valence-corrected chi connectivity index (χ1v) is 8.49. The number of rotatable bonds is 4. The number of amides is 1. The SMILES string of the molecule is CC(=O)Oc1c(NC(=O)c2ccccc2)oc(-c2cccc(Cl)c2Cl)c1O. The van der Waals surface area contributed by atoms with Gasteiger partial charge in [-0.15, -0.1) is 0 Å².